The van der Waals surface area contributed by atoms with Crippen molar-refractivity contribution < 1.29 is 4.74 Å². The van der Waals surface area contributed by atoms with Crippen LogP contribution in [0.3, 0.4) is 0 Å². The van der Waals surface area contributed by atoms with Gasteiger partial charge in [-0.15, -0.1) is 0 Å². The van der Waals surface area contributed by atoms with Crippen LogP contribution < -0.4 is 4.90 Å². The minimum absolute atomic E-state index is 0.577. The van der Waals surface area contributed by atoms with Gasteiger partial charge in [-0.2, -0.15) is 4.99 Å². The molecule has 0 aliphatic carbocycles. The van der Waals surface area contributed by atoms with Gasteiger partial charge in [-0.25, -0.2) is 0 Å². The Bertz CT molecular complexity index is 649. The maximum absolute atomic E-state index is 5.80. The number of aliphatic imine (C=N–C) groups is 1. The first-order valence-electron chi connectivity index (χ1n) is 6.90. The van der Waals surface area contributed by atoms with Crippen LogP contribution in [0.5, 0.6) is 0 Å². The van der Waals surface area contributed by atoms with Gasteiger partial charge in [-0.1, -0.05) is 43.3 Å². The van der Waals surface area contributed by atoms with Crippen LogP contribution >= 0.6 is 0 Å². The molecule has 1 aliphatic rings. The van der Waals surface area contributed by atoms with E-state index in [1.807, 2.05) is 42.3 Å². The molecule has 0 N–H and O–H groups in total. The van der Waals surface area contributed by atoms with Gasteiger partial charge < -0.3 is 4.74 Å². The fourth-order valence-electron chi connectivity index (χ4n) is 2.43. The van der Waals surface area contributed by atoms with Crippen LogP contribution in [0.4, 0.5) is 11.4 Å². The lowest BCUT2D eigenvalue weighted by Gasteiger charge is -2.28. The molecule has 1 heterocycles. The lowest BCUT2D eigenvalue weighted by Crippen LogP contribution is -2.33. The Balaban J connectivity index is 1.98. The normalized spacial score (nSPS) is 15.9. The Hall–Kier alpha value is -2.29. The van der Waals surface area contributed by atoms with E-state index in [0.717, 1.165) is 17.8 Å². The van der Waals surface area contributed by atoms with Gasteiger partial charge in [0, 0.05) is 12.6 Å². The first-order valence-corrected chi connectivity index (χ1v) is 6.90. The molecule has 0 radical (unpaired) electrons. The van der Waals surface area contributed by atoms with Crippen molar-refractivity contribution in [2.75, 3.05) is 11.9 Å². The molecular weight excluding hydrogens is 248 g/mol. The van der Waals surface area contributed by atoms with Gasteiger partial charge in [-0.3, -0.25) is 4.90 Å². The van der Waals surface area contributed by atoms with Crippen molar-refractivity contribution in [2.45, 2.75) is 20.0 Å². The van der Waals surface area contributed by atoms with Crippen LogP contribution in [0.15, 0.2) is 53.5 Å². The molecule has 0 amide bonds. The Morgan fingerprint density at radius 2 is 1.85 bits per heavy atom. The summed E-state index contributed by atoms with van der Waals surface area (Å²) in [5.74, 6) is 0. The van der Waals surface area contributed by atoms with Crippen molar-refractivity contribution in [3.05, 3.63) is 59.7 Å². The van der Waals surface area contributed by atoms with Crippen LogP contribution in [0.25, 0.3) is 0 Å². The molecule has 102 valence electrons. The number of nitrogens with zero attached hydrogens (tertiary/aromatic N) is 2. The maximum Gasteiger partial charge on any atom is 0.297 e. The van der Waals surface area contributed by atoms with Crippen molar-refractivity contribution in [3.8, 4) is 0 Å². The van der Waals surface area contributed by atoms with E-state index in [1.54, 1.807) is 0 Å². The fraction of sp³-hybridized carbons (Fsp3) is 0.235. The molecule has 2 aromatic rings. The molecule has 0 atom stereocenters. The molecule has 20 heavy (non-hydrogen) atoms. The summed E-state index contributed by atoms with van der Waals surface area (Å²) in [6, 6.07) is 17.1. The lowest BCUT2D eigenvalue weighted by molar-refractivity contribution is 0.277. The van der Waals surface area contributed by atoms with Crippen LogP contribution in [0.1, 0.15) is 18.1 Å². The van der Waals surface area contributed by atoms with Crippen LogP contribution in [0, 0.1) is 0 Å². The van der Waals surface area contributed by atoms with Crippen molar-refractivity contribution in [2.24, 2.45) is 4.99 Å². The van der Waals surface area contributed by atoms with Gasteiger partial charge in [0.25, 0.3) is 6.02 Å². The van der Waals surface area contributed by atoms with Crippen molar-refractivity contribution in [1.29, 1.82) is 0 Å². The minimum atomic E-state index is 0.577. The quantitative estimate of drug-likeness (QED) is 0.823. The number of anilines is 1. The Labute approximate surface area is 119 Å². The standard InChI is InChI=1S/C17H18N2O/c1-3-13-8-4-6-10-15(13)18-17-19(2)16-11-7-5-9-14(16)12-20-17/h4-11H,3,12H2,1-2H3. The second-order valence-electron chi connectivity index (χ2n) is 4.85. The number of para-hydroxylation sites is 2. The highest BCUT2D eigenvalue weighted by atomic mass is 16.5. The zero-order chi connectivity index (χ0) is 13.9. The SMILES string of the molecule is CCc1ccccc1N=C1OCc2ccccc2N1C. The summed E-state index contributed by atoms with van der Waals surface area (Å²) in [4.78, 5) is 6.69. The van der Waals surface area contributed by atoms with E-state index >= 15 is 0 Å². The van der Waals surface area contributed by atoms with E-state index in [2.05, 4.69) is 30.1 Å². The Kier molecular flexibility index (Phi) is 3.42. The number of ether oxygens (including phenoxy) is 1. The first-order chi connectivity index (χ1) is 9.79. The molecule has 3 nitrogen and oxygen atoms in total. The molecule has 0 aromatic heterocycles. The van der Waals surface area contributed by atoms with Gasteiger partial charge in [0.1, 0.15) is 6.61 Å². The minimum Gasteiger partial charge on any atom is -0.460 e. The molecule has 0 spiro atoms. The zero-order valence-corrected chi connectivity index (χ0v) is 11.8. The van der Waals surface area contributed by atoms with E-state index in [4.69, 9.17) is 4.74 Å². The predicted molar refractivity (Wildman–Crippen MR) is 82.5 cm³/mol. The topological polar surface area (TPSA) is 24.8 Å². The van der Waals surface area contributed by atoms with Crippen LogP contribution in [0.2, 0.25) is 0 Å². The molecule has 0 unspecified atom stereocenters. The summed E-state index contributed by atoms with van der Waals surface area (Å²) in [6.45, 7) is 2.72. The molecule has 0 saturated carbocycles. The third-order valence-electron chi connectivity index (χ3n) is 3.59. The fourth-order valence-corrected chi connectivity index (χ4v) is 2.43. The summed E-state index contributed by atoms with van der Waals surface area (Å²) in [7, 11) is 1.99. The molecule has 0 bridgehead atoms. The highest BCUT2D eigenvalue weighted by molar-refractivity contribution is 5.95. The highest BCUT2D eigenvalue weighted by Crippen LogP contribution is 2.27. The number of benzene rings is 2. The van der Waals surface area contributed by atoms with Crippen molar-refractivity contribution in [1.82, 2.24) is 0 Å². The van der Waals surface area contributed by atoms with Gasteiger partial charge in [0.2, 0.25) is 0 Å². The molecule has 3 heteroatoms. The smallest absolute Gasteiger partial charge is 0.297 e. The highest BCUT2D eigenvalue weighted by Gasteiger charge is 2.20. The van der Waals surface area contributed by atoms with E-state index in [9.17, 15) is 0 Å². The van der Waals surface area contributed by atoms with Crippen LogP contribution in [-0.2, 0) is 17.8 Å². The molecule has 1 aliphatic heterocycles. The lowest BCUT2D eigenvalue weighted by atomic mass is 10.1. The first kappa shape index (κ1) is 12.7. The third-order valence-corrected chi connectivity index (χ3v) is 3.59. The van der Waals surface area contributed by atoms with Gasteiger partial charge in [-0.05, 0) is 24.1 Å². The Morgan fingerprint density at radius 1 is 1.10 bits per heavy atom. The average Bonchev–Trinajstić information content (AvgIpc) is 2.51. The van der Waals surface area contributed by atoms with Gasteiger partial charge in [0.15, 0.2) is 0 Å². The third kappa shape index (κ3) is 2.27. The number of amidine groups is 1. The van der Waals surface area contributed by atoms with Gasteiger partial charge in [0.05, 0.1) is 11.4 Å². The largest absolute Gasteiger partial charge is 0.460 e. The predicted octanol–water partition coefficient (Wildman–Crippen LogP) is 3.90. The van der Waals surface area contributed by atoms with Crippen molar-refractivity contribution in [3.63, 3.8) is 0 Å². The zero-order valence-electron chi connectivity index (χ0n) is 11.8. The molecular formula is C17H18N2O. The second-order valence-corrected chi connectivity index (χ2v) is 4.85. The maximum atomic E-state index is 5.80. The summed E-state index contributed by atoms with van der Waals surface area (Å²) >= 11 is 0. The van der Waals surface area contributed by atoms with E-state index < -0.39 is 0 Å². The molecule has 2 aromatic carbocycles. The number of rotatable bonds is 2. The summed E-state index contributed by atoms with van der Waals surface area (Å²) < 4.78 is 5.80. The number of hydrogen-bond acceptors (Lipinski definition) is 2. The van der Waals surface area contributed by atoms with Crippen LogP contribution in [-0.4, -0.2) is 13.1 Å². The van der Waals surface area contributed by atoms with Crippen molar-refractivity contribution >= 4 is 17.4 Å². The summed E-state index contributed by atoms with van der Waals surface area (Å²) in [6.07, 6.45) is 0.966. The molecule has 0 fully saturated rings. The number of fused-ring (bicyclic) bond motifs is 1. The van der Waals surface area contributed by atoms with E-state index in [1.165, 1.54) is 11.1 Å². The molecule has 3 rings (SSSR count). The molecule has 0 saturated heterocycles. The number of aryl methyl sites for hydroxylation is 1. The number of hydrogen-bond donors (Lipinski definition) is 0. The summed E-state index contributed by atoms with van der Waals surface area (Å²) in [5.41, 5.74) is 4.57. The second kappa shape index (κ2) is 5.37. The Morgan fingerprint density at radius 3 is 2.70 bits per heavy atom. The average molecular weight is 266 g/mol. The monoisotopic (exact) mass is 266 g/mol. The summed E-state index contributed by atoms with van der Waals surface area (Å²) in [5, 5.41) is 0. The van der Waals surface area contributed by atoms with E-state index in [-0.39, 0.29) is 0 Å². The van der Waals surface area contributed by atoms with E-state index in [0.29, 0.717) is 12.6 Å². The van der Waals surface area contributed by atoms with Gasteiger partial charge >= 0.3 is 0 Å².